The number of nitrogens with one attached hydrogen (secondary N) is 2. The van der Waals surface area contributed by atoms with Crippen LogP contribution in [0.1, 0.15) is 49.1 Å². The van der Waals surface area contributed by atoms with E-state index >= 15 is 0 Å². The molecule has 3 N–H and O–H groups in total. The first kappa shape index (κ1) is 25.2. The summed E-state index contributed by atoms with van der Waals surface area (Å²) in [6.45, 7) is 0.954. The highest BCUT2D eigenvalue weighted by Crippen LogP contribution is 2.44. The lowest BCUT2D eigenvalue weighted by Gasteiger charge is -2.14. The van der Waals surface area contributed by atoms with E-state index in [1.165, 1.54) is 22.3 Å². The number of fused-ring (bicyclic) bond motifs is 3. The third-order valence-electron chi connectivity index (χ3n) is 5.74. The van der Waals surface area contributed by atoms with Gasteiger partial charge in [0, 0.05) is 25.4 Å². The first-order chi connectivity index (χ1) is 16.6. The molecule has 3 rings (SSSR count). The van der Waals surface area contributed by atoms with E-state index in [0.29, 0.717) is 26.1 Å². The molecule has 2 aromatic rings. The van der Waals surface area contributed by atoms with Gasteiger partial charge in [0.15, 0.2) is 0 Å². The van der Waals surface area contributed by atoms with Crippen LogP contribution in [0, 0.1) is 0 Å². The molecule has 0 unspecified atom stereocenters. The second-order valence-corrected chi connectivity index (χ2v) is 8.21. The molecule has 8 nitrogen and oxygen atoms in total. The predicted molar refractivity (Wildman–Crippen MR) is 128 cm³/mol. The fraction of sp³-hybridized carbons (Fsp3) is 0.423. The lowest BCUT2D eigenvalue weighted by Crippen LogP contribution is -2.27. The molecule has 0 saturated carbocycles. The number of carbonyl (C=O) groups excluding carboxylic acids is 2. The van der Waals surface area contributed by atoms with E-state index in [-0.39, 0.29) is 25.0 Å². The van der Waals surface area contributed by atoms with Gasteiger partial charge in [0.1, 0.15) is 13.2 Å². The molecule has 0 aliphatic heterocycles. The largest absolute Gasteiger partial charge is 0.480 e. The Balaban J connectivity index is 1.24. The smallest absolute Gasteiger partial charge is 0.407 e. The number of alkyl carbamates (subject to hydrolysis) is 1. The Labute approximate surface area is 199 Å². The predicted octanol–water partition coefficient (Wildman–Crippen LogP) is 3.69. The fourth-order valence-electron chi connectivity index (χ4n) is 4.11. The molecule has 2 amide bonds. The Morgan fingerprint density at radius 2 is 1.47 bits per heavy atom. The molecule has 182 valence electrons. The Hall–Kier alpha value is -3.39. The maximum atomic E-state index is 12.2. The van der Waals surface area contributed by atoms with Crippen molar-refractivity contribution in [2.24, 2.45) is 0 Å². The molecule has 34 heavy (non-hydrogen) atoms. The number of unbranched alkanes of at least 4 members (excludes halogenated alkanes) is 3. The maximum Gasteiger partial charge on any atom is 0.407 e. The van der Waals surface area contributed by atoms with Crippen LogP contribution in [0.15, 0.2) is 48.5 Å². The van der Waals surface area contributed by atoms with E-state index in [9.17, 15) is 14.4 Å². The first-order valence-corrected chi connectivity index (χ1v) is 11.7. The molecular formula is C26H32N2O6. The SMILES string of the molecule is O=C(O)COCCNC(=O)CCCCCCNC(=O)OCC1c2ccccc2-c2ccccc21. The average Bonchev–Trinajstić information content (AvgIpc) is 3.15. The summed E-state index contributed by atoms with van der Waals surface area (Å²) in [5.74, 6) is -1.05. The van der Waals surface area contributed by atoms with Crippen molar-refractivity contribution in [3.63, 3.8) is 0 Å². The summed E-state index contributed by atoms with van der Waals surface area (Å²) in [5, 5.41) is 13.9. The third-order valence-corrected chi connectivity index (χ3v) is 5.74. The number of ether oxygens (including phenoxy) is 2. The van der Waals surface area contributed by atoms with E-state index in [4.69, 9.17) is 14.6 Å². The van der Waals surface area contributed by atoms with Crippen LogP contribution in [0.4, 0.5) is 4.79 Å². The van der Waals surface area contributed by atoms with Gasteiger partial charge in [-0.05, 0) is 35.1 Å². The van der Waals surface area contributed by atoms with Crippen LogP contribution in [0.2, 0.25) is 0 Å². The molecule has 1 aliphatic carbocycles. The quantitative estimate of drug-likeness (QED) is 0.365. The normalized spacial score (nSPS) is 12.0. The number of carboxylic acid groups (broad SMARTS) is 1. The van der Waals surface area contributed by atoms with Gasteiger partial charge < -0.3 is 25.2 Å². The van der Waals surface area contributed by atoms with E-state index < -0.39 is 12.1 Å². The van der Waals surface area contributed by atoms with Gasteiger partial charge >= 0.3 is 12.1 Å². The van der Waals surface area contributed by atoms with Crippen LogP contribution < -0.4 is 10.6 Å². The Bertz CT molecular complexity index is 932. The van der Waals surface area contributed by atoms with Crippen LogP contribution in [-0.2, 0) is 19.1 Å². The summed E-state index contributed by atoms with van der Waals surface area (Å²) < 4.78 is 10.4. The van der Waals surface area contributed by atoms with Crippen molar-refractivity contribution in [3.8, 4) is 11.1 Å². The zero-order chi connectivity index (χ0) is 24.2. The second-order valence-electron chi connectivity index (χ2n) is 8.21. The van der Waals surface area contributed by atoms with Crippen molar-refractivity contribution < 1.29 is 29.0 Å². The summed E-state index contributed by atoms with van der Waals surface area (Å²) in [4.78, 5) is 34.2. The van der Waals surface area contributed by atoms with Crippen LogP contribution in [0.5, 0.6) is 0 Å². The Morgan fingerprint density at radius 3 is 2.15 bits per heavy atom. The summed E-state index contributed by atoms with van der Waals surface area (Å²) in [5.41, 5.74) is 4.78. The molecule has 0 atom stereocenters. The van der Waals surface area contributed by atoms with Crippen LogP contribution in [0.3, 0.4) is 0 Å². The molecule has 0 aromatic heterocycles. The van der Waals surface area contributed by atoms with Crippen LogP contribution >= 0.6 is 0 Å². The van der Waals surface area contributed by atoms with Gasteiger partial charge in [-0.3, -0.25) is 4.79 Å². The molecule has 0 fully saturated rings. The number of hydrogen-bond acceptors (Lipinski definition) is 5. The van der Waals surface area contributed by atoms with E-state index in [2.05, 4.69) is 34.9 Å². The Kier molecular flexibility index (Phi) is 9.91. The topological polar surface area (TPSA) is 114 Å². The van der Waals surface area contributed by atoms with Gasteiger partial charge in [0.2, 0.25) is 5.91 Å². The van der Waals surface area contributed by atoms with E-state index in [0.717, 1.165) is 25.7 Å². The average molecular weight is 469 g/mol. The van der Waals surface area contributed by atoms with Gasteiger partial charge in [-0.25, -0.2) is 9.59 Å². The molecule has 0 spiro atoms. The van der Waals surface area contributed by atoms with Gasteiger partial charge in [-0.2, -0.15) is 0 Å². The molecule has 0 saturated heterocycles. The molecule has 0 heterocycles. The van der Waals surface area contributed by atoms with Gasteiger partial charge in [-0.15, -0.1) is 0 Å². The molecule has 8 heteroatoms. The summed E-state index contributed by atoms with van der Waals surface area (Å²) in [6, 6.07) is 16.5. The van der Waals surface area contributed by atoms with E-state index in [1.54, 1.807) is 0 Å². The number of rotatable bonds is 14. The van der Waals surface area contributed by atoms with Crippen LogP contribution in [0.25, 0.3) is 11.1 Å². The van der Waals surface area contributed by atoms with Gasteiger partial charge in [0.05, 0.1) is 6.61 Å². The first-order valence-electron chi connectivity index (χ1n) is 11.7. The van der Waals surface area contributed by atoms with Crippen molar-refractivity contribution in [2.45, 2.75) is 38.0 Å². The Morgan fingerprint density at radius 1 is 0.824 bits per heavy atom. The molecule has 0 bridgehead atoms. The van der Waals surface area contributed by atoms with Crippen molar-refractivity contribution in [1.29, 1.82) is 0 Å². The molecular weight excluding hydrogens is 436 g/mol. The lowest BCUT2D eigenvalue weighted by atomic mass is 9.98. The third kappa shape index (κ3) is 7.59. The molecule has 2 aromatic carbocycles. The summed E-state index contributed by atoms with van der Waals surface area (Å²) in [7, 11) is 0. The standard InChI is InChI=1S/C26H32N2O6/c29-24(27-15-16-33-18-25(30)31)13-3-1-2-8-14-28-26(32)34-17-23-21-11-6-4-9-19(21)20-10-5-7-12-22(20)23/h4-7,9-12,23H,1-3,8,13-18H2,(H,27,29)(H,28,32)(H,30,31). The van der Waals surface area contributed by atoms with Crippen molar-refractivity contribution in [2.75, 3.05) is 32.9 Å². The highest BCUT2D eigenvalue weighted by Gasteiger charge is 2.28. The van der Waals surface area contributed by atoms with Gasteiger partial charge in [0.25, 0.3) is 0 Å². The zero-order valence-corrected chi connectivity index (χ0v) is 19.3. The number of aliphatic carboxylic acids is 1. The highest BCUT2D eigenvalue weighted by molar-refractivity contribution is 5.79. The molecule has 1 aliphatic rings. The number of benzene rings is 2. The van der Waals surface area contributed by atoms with E-state index in [1.807, 2.05) is 24.3 Å². The monoisotopic (exact) mass is 468 g/mol. The van der Waals surface area contributed by atoms with Crippen molar-refractivity contribution >= 4 is 18.0 Å². The minimum absolute atomic E-state index is 0.0491. The number of amides is 2. The highest BCUT2D eigenvalue weighted by atomic mass is 16.5. The minimum atomic E-state index is -1.03. The zero-order valence-electron chi connectivity index (χ0n) is 19.3. The van der Waals surface area contributed by atoms with Crippen molar-refractivity contribution in [1.82, 2.24) is 10.6 Å². The number of carboxylic acids is 1. The number of carbonyl (C=O) groups is 3. The lowest BCUT2D eigenvalue weighted by molar-refractivity contribution is -0.142. The number of hydrogen-bond donors (Lipinski definition) is 3. The molecule has 0 radical (unpaired) electrons. The van der Waals surface area contributed by atoms with Crippen molar-refractivity contribution in [3.05, 3.63) is 59.7 Å². The van der Waals surface area contributed by atoms with Gasteiger partial charge in [-0.1, -0.05) is 61.4 Å². The van der Waals surface area contributed by atoms with Crippen LogP contribution in [-0.4, -0.2) is 56.0 Å². The summed E-state index contributed by atoms with van der Waals surface area (Å²) in [6.07, 6.45) is 3.36. The fourth-order valence-corrected chi connectivity index (χ4v) is 4.11. The minimum Gasteiger partial charge on any atom is -0.480 e. The second kappa shape index (κ2) is 13.3. The maximum absolute atomic E-state index is 12.2. The summed E-state index contributed by atoms with van der Waals surface area (Å²) >= 11 is 0.